The predicted molar refractivity (Wildman–Crippen MR) is 110 cm³/mol. The van der Waals surface area contributed by atoms with Crippen molar-refractivity contribution in [3.05, 3.63) is 60.2 Å². The number of halogens is 3. The Morgan fingerprint density at radius 2 is 2.03 bits per heavy atom. The van der Waals surface area contributed by atoms with E-state index in [1.807, 2.05) is 30.4 Å². The van der Waals surface area contributed by atoms with E-state index in [1.165, 1.54) is 12.1 Å². The van der Waals surface area contributed by atoms with E-state index in [2.05, 4.69) is 10.3 Å². The Labute approximate surface area is 178 Å². The summed E-state index contributed by atoms with van der Waals surface area (Å²) in [5.74, 6) is -3.11. The molecule has 2 aliphatic carbocycles. The Morgan fingerprint density at radius 3 is 2.74 bits per heavy atom. The number of alkyl carbamates (subject to hydrolysis) is 1. The van der Waals surface area contributed by atoms with Gasteiger partial charge < -0.3 is 10.1 Å². The Hall–Kier alpha value is -2.83. The maximum Gasteiger partial charge on any atom is 0.407 e. The van der Waals surface area contributed by atoms with Crippen LogP contribution in [0.4, 0.5) is 18.0 Å². The summed E-state index contributed by atoms with van der Waals surface area (Å²) in [6.07, 6.45) is 5.74. The zero-order valence-corrected chi connectivity index (χ0v) is 16.9. The number of aromatic nitrogens is 1. The first-order valence-electron chi connectivity index (χ1n) is 10.6. The van der Waals surface area contributed by atoms with Gasteiger partial charge in [-0.2, -0.15) is 0 Å². The molecule has 2 aromatic rings. The minimum atomic E-state index is -2.64. The molecule has 31 heavy (non-hydrogen) atoms. The van der Waals surface area contributed by atoms with Gasteiger partial charge in [-0.05, 0) is 54.5 Å². The summed E-state index contributed by atoms with van der Waals surface area (Å²) in [5, 5.41) is 2.92. The number of carbonyl (C=O) groups excluding carboxylic acids is 1. The first-order chi connectivity index (χ1) is 14.8. The van der Waals surface area contributed by atoms with Crippen molar-refractivity contribution in [2.24, 2.45) is 17.8 Å². The summed E-state index contributed by atoms with van der Waals surface area (Å²) < 4.78 is 46.7. The lowest BCUT2D eigenvalue weighted by Gasteiger charge is -2.34. The van der Waals surface area contributed by atoms with Gasteiger partial charge in [0.15, 0.2) is 0 Å². The Morgan fingerprint density at radius 1 is 1.16 bits per heavy atom. The van der Waals surface area contributed by atoms with E-state index in [0.29, 0.717) is 18.5 Å². The van der Waals surface area contributed by atoms with Crippen LogP contribution >= 0.6 is 0 Å². The molecule has 3 fully saturated rings. The second kappa shape index (κ2) is 7.39. The number of alkyl halides is 2. The van der Waals surface area contributed by atoms with Crippen LogP contribution in [0.25, 0.3) is 17.2 Å². The molecule has 1 unspecified atom stereocenters. The fourth-order valence-electron chi connectivity index (χ4n) is 5.59. The highest BCUT2D eigenvalue weighted by Crippen LogP contribution is 2.55. The normalized spacial score (nSPS) is 31.6. The van der Waals surface area contributed by atoms with Gasteiger partial charge in [0.05, 0.1) is 11.2 Å². The van der Waals surface area contributed by atoms with Crippen molar-refractivity contribution >= 4 is 12.2 Å². The van der Waals surface area contributed by atoms with Crippen LogP contribution in [-0.2, 0) is 4.74 Å². The van der Waals surface area contributed by atoms with Crippen molar-refractivity contribution in [3.63, 3.8) is 0 Å². The highest BCUT2D eigenvalue weighted by atomic mass is 19.3. The number of nitrogens with one attached hydrogen (secondary N) is 1. The summed E-state index contributed by atoms with van der Waals surface area (Å²) in [6.45, 7) is 0.200. The predicted octanol–water partition coefficient (Wildman–Crippen LogP) is 5.45. The molecule has 2 saturated carbocycles. The highest BCUT2D eigenvalue weighted by Gasteiger charge is 2.59. The summed E-state index contributed by atoms with van der Waals surface area (Å²) in [6, 6.07) is 10.0. The van der Waals surface area contributed by atoms with Gasteiger partial charge in [0.2, 0.25) is 5.92 Å². The molecule has 2 heterocycles. The van der Waals surface area contributed by atoms with E-state index >= 15 is 0 Å². The van der Waals surface area contributed by atoms with E-state index in [-0.39, 0.29) is 43.0 Å². The average Bonchev–Trinajstić information content (AvgIpc) is 3.24. The van der Waals surface area contributed by atoms with Gasteiger partial charge in [-0.1, -0.05) is 24.3 Å². The SMILES string of the molecule is O=C1NC2(CO1)C[C@@H]1CC(F)(F)CC[C@H]1[C@@H]2C=Cc1ccc(-c2cccc(F)c2)cn1. The van der Waals surface area contributed by atoms with Crippen LogP contribution in [0.15, 0.2) is 48.7 Å². The molecule has 3 aliphatic rings. The molecule has 162 valence electrons. The van der Waals surface area contributed by atoms with Crippen LogP contribution in [0.2, 0.25) is 0 Å². The molecule has 1 aromatic heterocycles. The van der Waals surface area contributed by atoms with Crippen LogP contribution in [-0.4, -0.2) is 29.1 Å². The molecule has 0 radical (unpaired) electrons. The maximum atomic E-state index is 14.0. The van der Waals surface area contributed by atoms with Crippen LogP contribution in [0.3, 0.4) is 0 Å². The summed E-state index contributed by atoms with van der Waals surface area (Å²) in [4.78, 5) is 16.3. The van der Waals surface area contributed by atoms with Crippen LogP contribution in [0.1, 0.15) is 31.4 Å². The van der Waals surface area contributed by atoms with Crippen LogP contribution in [0.5, 0.6) is 0 Å². The molecular formula is C24H23F3N2O2. The fourth-order valence-corrected chi connectivity index (χ4v) is 5.59. The quantitative estimate of drug-likeness (QED) is 0.707. The molecule has 5 rings (SSSR count). The number of rotatable bonds is 3. The van der Waals surface area contributed by atoms with Crippen molar-refractivity contribution < 1.29 is 22.7 Å². The zero-order valence-electron chi connectivity index (χ0n) is 16.9. The van der Waals surface area contributed by atoms with Gasteiger partial charge >= 0.3 is 6.09 Å². The Balaban J connectivity index is 1.39. The van der Waals surface area contributed by atoms with Crippen LogP contribution < -0.4 is 5.32 Å². The number of fused-ring (bicyclic) bond motifs is 1. The monoisotopic (exact) mass is 428 g/mol. The number of ether oxygens (including phenoxy) is 1. The molecule has 7 heteroatoms. The number of nitrogens with zero attached hydrogens (tertiary/aromatic N) is 1. The minimum Gasteiger partial charge on any atom is -0.447 e. The lowest BCUT2D eigenvalue weighted by molar-refractivity contribution is -0.0659. The molecule has 1 saturated heterocycles. The first kappa shape index (κ1) is 20.1. The number of pyridine rings is 1. The molecular weight excluding hydrogens is 405 g/mol. The first-order valence-corrected chi connectivity index (χ1v) is 10.6. The molecule has 1 aliphatic heterocycles. The minimum absolute atomic E-state index is 0.0736. The topological polar surface area (TPSA) is 51.2 Å². The van der Waals surface area contributed by atoms with E-state index in [1.54, 1.807) is 12.3 Å². The summed E-state index contributed by atoms with van der Waals surface area (Å²) >= 11 is 0. The van der Waals surface area contributed by atoms with E-state index in [0.717, 1.165) is 11.1 Å². The number of hydrogen-bond acceptors (Lipinski definition) is 3. The van der Waals surface area contributed by atoms with E-state index < -0.39 is 17.6 Å². The van der Waals surface area contributed by atoms with Crippen molar-refractivity contribution in [1.82, 2.24) is 10.3 Å². The number of benzene rings is 1. The number of hydrogen-bond donors (Lipinski definition) is 1. The molecule has 0 bridgehead atoms. The standard InChI is InChI=1S/C24H23F3N2O2/c25-18-3-1-2-15(10-18)16-4-5-19(28-13-16)6-7-21-20-8-9-24(26,27)12-17(20)11-23(21)14-31-22(30)29-23/h1-7,10,13,17,20-21H,8-9,11-12,14H2,(H,29,30)/t17-,20-,21+,23?/m1/s1. The summed E-state index contributed by atoms with van der Waals surface area (Å²) in [5.41, 5.74) is 1.63. The number of amides is 1. The van der Waals surface area contributed by atoms with Gasteiger partial charge in [0.1, 0.15) is 12.4 Å². The summed E-state index contributed by atoms with van der Waals surface area (Å²) in [7, 11) is 0. The fraction of sp³-hybridized carbons (Fsp3) is 0.417. The highest BCUT2D eigenvalue weighted by molar-refractivity contribution is 5.71. The van der Waals surface area contributed by atoms with Gasteiger partial charge in [0, 0.05) is 30.5 Å². The molecule has 1 spiro atoms. The van der Waals surface area contributed by atoms with Crippen molar-refractivity contribution in [2.75, 3.05) is 6.61 Å². The van der Waals surface area contributed by atoms with Gasteiger partial charge in [0.25, 0.3) is 0 Å². The van der Waals surface area contributed by atoms with Crippen LogP contribution in [0, 0.1) is 23.6 Å². The third-order valence-electron chi connectivity index (χ3n) is 6.97. The maximum absolute atomic E-state index is 14.0. The number of cyclic esters (lactones) is 1. The van der Waals surface area contributed by atoms with Crippen molar-refractivity contribution in [3.8, 4) is 11.1 Å². The average molecular weight is 428 g/mol. The lowest BCUT2D eigenvalue weighted by atomic mass is 9.75. The Kier molecular flexibility index (Phi) is 4.79. The third kappa shape index (κ3) is 3.82. The zero-order chi connectivity index (χ0) is 21.6. The second-order valence-electron chi connectivity index (χ2n) is 8.95. The third-order valence-corrected chi connectivity index (χ3v) is 6.97. The molecule has 1 amide bonds. The van der Waals surface area contributed by atoms with Gasteiger partial charge in [-0.25, -0.2) is 18.0 Å². The smallest absolute Gasteiger partial charge is 0.407 e. The number of carbonyl (C=O) groups is 1. The molecule has 1 N–H and O–H groups in total. The van der Waals surface area contributed by atoms with Crippen molar-refractivity contribution in [2.45, 2.75) is 37.1 Å². The molecule has 4 atom stereocenters. The van der Waals surface area contributed by atoms with E-state index in [4.69, 9.17) is 4.74 Å². The Bertz CT molecular complexity index is 1020. The lowest BCUT2D eigenvalue weighted by Crippen LogP contribution is -2.47. The van der Waals surface area contributed by atoms with Gasteiger partial charge in [-0.3, -0.25) is 4.98 Å². The molecule has 1 aromatic carbocycles. The second-order valence-corrected chi connectivity index (χ2v) is 8.95. The van der Waals surface area contributed by atoms with Crippen molar-refractivity contribution in [1.29, 1.82) is 0 Å². The molecule has 4 nitrogen and oxygen atoms in total. The van der Waals surface area contributed by atoms with Gasteiger partial charge in [-0.15, -0.1) is 0 Å². The largest absolute Gasteiger partial charge is 0.447 e. The van der Waals surface area contributed by atoms with E-state index in [9.17, 15) is 18.0 Å².